The van der Waals surface area contributed by atoms with Crippen LogP contribution in [0.2, 0.25) is 0 Å². The normalized spacial score (nSPS) is 13.4. The highest BCUT2D eigenvalue weighted by molar-refractivity contribution is 5.95. The van der Waals surface area contributed by atoms with Crippen LogP contribution in [-0.4, -0.2) is 84.4 Å². The van der Waals surface area contributed by atoms with E-state index in [1.54, 1.807) is 30.3 Å². The number of rotatable bonds is 15. The molecule has 6 N–H and O–H groups in total. The van der Waals surface area contributed by atoms with E-state index in [1.165, 1.54) is 20.8 Å². The van der Waals surface area contributed by atoms with Gasteiger partial charge in [-0.05, 0) is 25.8 Å². The molecule has 14 nitrogen and oxygen atoms in total. The molecule has 1 aromatic carbocycles. The molecule has 0 bridgehead atoms. The summed E-state index contributed by atoms with van der Waals surface area (Å²) in [5.41, 5.74) is 0.685. The summed E-state index contributed by atoms with van der Waals surface area (Å²) in [4.78, 5) is 84.6. The monoisotopic (exact) mass is 549 g/mol. The summed E-state index contributed by atoms with van der Waals surface area (Å²) < 4.78 is 4.61. The van der Waals surface area contributed by atoms with Crippen LogP contribution in [0.15, 0.2) is 30.3 Å². The number of aliphatic carboxylic acids is 1. The number of carboxylic acids is 1. The minimum atomic E-state index is -1.37. The lowest BCUT2D eigenvalue weighted by atomic mass is 10.0. The highest BCUT2D eigenvalue weighted by atomic mass is 16.5. The fraction of sp³-hybridized carbons (Fsp3) is 0.480. The molecule has 0 heterocycles. The number of ether oxygens (including phenoxy) is 1. The fourth-order valence-corrected chi connectivity index (χ4v) is 3.28. The van der Waals surface area contributed by atoms with Crippen molar-refractivity contribution in [3.8, 4) is 0 Å². The first-order valence-corrected chi connectivity index (χ1v) is 12.1. The third-order valence-electron chi connectivity index (χ3n) is 5.38. The molecule has 0 aliphatic heterocycles. The molecule has 0 saturated heterocycles. The molecule has 5 amide bonds. The molecule has 0 fully saturated rings. The van der Waals surface area contributed by atoms with Crippen LogP contribution < -0.4 is 26.6 Å². The Kier molecular flexibility index (Phi) is 13.7. The number of methoxy groups -OCH3 is 1. The zero-order valence-electron chi connectivity index (χ0n) is 22.2. The maximum Gasteiger partial charge on any atom is 0.328 e. The molecule has 0 aliphatic rings. The Bertz CT molecular complexity index is 1050. The number of carbonyl (C=O) groups is 7. The molecule has 4 atom stereocenters. The second-order valence-electron chi connectivity index (χ2n) is 8.70. The summed E-state index contributed by atoms with van der Waals surface area (Å²) in [6.07, 6.45) is -0.754. The first-order chi connectivity index (χ1) is 18.3. The zero-order valence-corrected chi connectivity index (χ0v) is 22.2. The second kappa shape index (κ2) is 16.4. The number of carbonyl (C=O) groups excluding carboxylic acids is 6. The van der Waals surface area contributed by atoms with Crippen molar-refractivity contribution in [1.82, 2.24) is 26.6 Å². The van der Waals surface area contributed by atoms with Crippen molar-refractivity contribution in [3.05, 3.63) is 35.9 Å². The molecule has 14 heteroatoms. The van der Waals surface area contributed by atoms with Crippen LogP contribution in [0.4, 0.5) is 0 Å². The minimum absolute atomic E-state index is 0.0293. The molecule has 1 aromatic rings. The van der Waals surface area contributed by atoms with Gasteiger partial charge in [0.25, 0.3) is 0 Å². The van der Waals surface area contributed by atoms with E-state index in [4.69, 9.17) is 5.11 Å². The van der Waals surface area contributed by atoms with Gasteiger partial charge in [-0.3, -0.25) is 28.8 Å². The first kappa shape index (κ1) is 32.5. The maximum atomic E-state index is 13.2. The van der Waals surface area contributed by atoms with Gasteiger partial charge in [-0.15, -0.1) is 0 Å². The third kappa shape index (κ3) is 12.5. The second-order valence-corrected chi connectivity index (χ2v) is 8.70. The summed E-state index contributed by atoms with van der Waals surface area (Å²) in [6.45, 7) is 3.60. The third-order valence-corrected chi connectivity index (χ3v) is 5.38. The number of carboxylic acid groups (broad SMARTS) is 1. The van der Waals surface area contributed by atoms with Gasteiger partial charge < -0.3 is 36.4 Å². The van der Waals surface area contributed by atoms with E-state index in [0.29, 0.717) is 5.56 Å². The molecular weight excluding hydrogens is 514 g/mol. The molecule has 0 saturated carbocycles. The standard InChI is InChI=1S/C25H35N5O9/c1-14(27-20(32)13-26-16(3)31)22(35)29-18(10-11-21(33)34)23(36)30-19(12-17-8-6-5-7-9-17)24(37)28-15(2)25(38)39-4/h5-9,14-15,18-19H,10-13H2,1-4H3,(H,26,31)(H,27,32)(H,28,37)(H,29,35)(H,30,36)(H,33,34). The van der Waals surface area contributed by atoms with E-state index in [-0.39, 0.29) is 19.4 Å². The average molecular weight is 550 g/mol. The highest BCUT2D eigenvalue weighted by Gasteiger charge is 2.30. The van der Waals surface area contributed by atoms with Gasteiger partial charge in [-0.1, -0.05) is 30.3 Å². The van der Waals surface area contributed by atoms with E-state index in [1.807, 2.05) is 0 Å². The number of esters is 1. The van der Waals surface area contributed by atoms with Crippen LogP contribution in [0.25, 0.3) is 0 Å². The van der Waals surface area contributed by atoms with Crippen LogP contribution in [0.3, 0.4) is 0 Å². The smallest absolute Gasteiger partial charge is 0.328 e. The van der Waals surface area contributed by atoms with Crippen molar-refractivity contribution in [3.63, 3.8) is 0 Å². The van der Waals surface area contributed by atoms with Crippen LogP contribution in [0, 0.1) is 0 Å². The molecule has 214 valence electrons. The van der Waals surface area contributed by atoms with E-state index in [0.717, 1.165) is 7.11 Å². The lowest BCUT2D eigenvalue weighted by Crippen LogP contribution is -2.58. The molecular formula is C25H35N5O9. The van der Waals surface area contributed by atoms with E-state index >= 15 is 0 Å². The lowest BCUT2D eigenvalue weighted by molar-refractivity contribution is -0.144. The van der Waals surface area contributed by atoms with Crippen molar-refractivity contribution in [2.75, 3.05) is 13.7 Å². The molecule has 0 radical (unpaired) electrons. The molecule has 0 aromatic heterocycles. The van der Waals surface area contributed by atoms with E-state index < -0.39 is 72.1 Å². The summed E-state index contributed by atoms with van der Waals surface area (Å²) in [6, 6.07) is 4.00. The predicted octanol–water partition coefficient (Wildman–Crippen LogP) is -1.62. The molecule has 0 aliphatic carbocycles. The predicted molar refractivity (Wildman–Crippen MR) is 137 cm³/mol. The molecule has 1 rings (SSSR count). The number of benzene rings is 1. The number of hydrogen-bond acceptors (Lipinski definition) is 8. The van der Waals surface area contributed by atoms with Gasteiger partial charge >= 0.3 is 11.9 Å². The Morgan fingerprint density at radius 3 is 1.97 bits per heavy atom. The molecule has 4 unspecified atom stereocenters. The maximum absolute atomic E-state index is 13.2. The SMILES string of the molecule is COC(=O)C(C)NC(=O)C(Cc1ccccc1)NC(=O)C(CCC(=O)O)NC(=O)C(C)NC(=O)CNC(C)=O. The van der Waals surface area contributed by atoms with Crippen LogP contribution >= 0.6 is 0 Å². The summed E-state index contributed by atoms with van der Waals surface area (Å²) in [7, 11) is 1.16. The Labute approximate surface area is 225 Å². The van der Waals surface area contributed by atoms with Crippen molar-refractivity contribution in [1.29, 1.82) is 0 Å². The zero-order chi connectivity index (χ0) is 29.5. The van der Waals surface area contributed by atoms with Crippen molar-refractivity contribution in [2.24, 2.45) is 0 Å². The average Bonchev–Trinajstić information content (AvgIpc) is 2.88. The van der Waals surface area contributed by atoms with Crippen LogP contribution in [-0.2, 0) is 44.7 Å². The van der Waals surface area contributed by atoms with E-state index in [2.05, 4.69) is 31.3 Å². The summed E-state index contributed by atoms with van der Waals surface area (Å²) in [5.74, 6) is -5.35. The van der Waals surface area contributed by atoms with Gasteiger partial charge in [0, 0.05) is 19.8 Å². The number of nitrogens with one attached hydrogen (secondary N) is 5. The summed E-state index contributed by atoms with van der Waals surface area (Å²) >= 11 is 0. The summed E-state index contributed by atoms with van der Waals surface area (Å²) in [5, 5.41) is 21.1. The number of amides is 5. The van der Waals surface area contributed by atoms with Crippen LogP contribution in [0.5, 0.6) is 0 Å². The fourth-order valence-electron chi connectivity index (χ4n) is 3.28. The minimum Gasteiger partial charge on any atom is -0.481 e. The largest absolute Gasteiger partial charge is 0.481 e. The van der Waals surface area contributed by atoms with Gasteiger partial charge in [0.2, 0.25) is 29.5 Å². The van der Waals surface area contributed by atoms with Crippen molar-refractivity contribution in [2.45, 2.75) is 64.2 Å². The Morgan fingerprint density at radius 2 is 1.41 bits per heavy atom. The van der Waals surface area contributed by atoms with Crippen molar-refractivity contribution >= 4 is 41.5 Å². The number of hydrogen-bond donors (Lipinski definition) is 6. The van der Waals surface area contributed by atoms with E-state index in [9.17, 15) is 33.6 Å². The first-order valence-electron chi connectivity index (χ1n) is 12.1. The highest BCUT2D eigenvalue weighted by Crippen LogP contribution is 2.07. The van der Waals surface area contributed by atoms with Crippen LogP contribution in [0.1, 0.15) is 39.2 Å². The molecule has 0 spiro atoms. The van der Waals surface area contributed by atoms with Gasteiger partial charge in [0.1, 0.15) is 24.2 Å². The Hall–Kier alpha value is -4.49. The topological polar surface area (TPSA) is 209 Å². The lowest BCUT2D eigenvalue weighted by Gasteiger charge is -2.25. The molecule has 39 heavy (non-hydrogen) atoms. The van der Waals surface area contributed by atoms with Gasteiger partial charge in [-0.25, -0.2) is 4.79 Å². The Balaban J connectivity index is 3.04. The van der Waals surface area contributed by atoms with Crippen molar-refractivity contribution < 1.29 is 43.4 Å². The van der Waals surface area contributed by atoms with Gasteiger partial charge in [-0.2, -0.15) is 0 Å². The quantitative estimate of drug-likeness (QED) is 0.139. The van der Waals surface area contributed by atoms with Gasteiger partial charge in [0.15, 0.2) is 0 Å². The Morgan fingerprint density at radius 1 is 0.821 bits per heavy atom. The van der Waals surface area contributed by atoms with Gasteiger partial charge in [0.05, 0.1) is 13.7 Å².